The molecule has 0 aromatic rings. The van der Waals surface area contributed by atoms with Gasteiger partial charge in [0, 0.05) is 6.20 Å². The maximum atomic E-state index is 12.1. The molecule has 0 aromatic carbocycles. The predicted molar refractivity (Wildman–Crippen MR) is 49.5 cm³/mol. The van der Waals surface area contributed by atoms with Crippen molar-refractivity contribution >= 4 is 11.6 Å². The Morgan fingerprint density at radius 2 is 2.23 bits per heavy atom. The van der Waals surface area contributed by atoms with E-state index in [0.29, 0.717) is 10.7 Å². The third-order valence-electron chi connectivity index (χ3n) is 1.67. The second kappa shape index (κ2) is 3.92. The van der Waals surface area contributed by atoms with Crippen molar-refractivity contribution in [3.8, 4) is 0 Å². The highest BCUT2D eigenvalue weighted by molar-refractivity contribution is 6.32. The van der Waals surface area contributed by atoms with Crippen LogP contribution in [0.25, 0.3) is 0 Å². The minimum atomic E-state index is -2.39. The van der Waals surface area contributed by atoms with Gasteiger partial charge < -0.3 is 4.90 Å². The average Bonchev–Trinajstić information content (AvgIpc) is 1.98. The summed E-state index contributed by atoms with van der Waals surface area (Å²) in [7, 11) is 0. The zero-order valence-electron chi connectivity index (χ0n) is 7.23. The van der Waals surface area contributed by atoms with Gasteiger partial charge in [0.15, 0.2) is 0 Å². The van der Waals surface area contributed by atoms with E-state index in [9.17, 15) is 8.78 Å². The molecule has 0 unspecified atom stereocenters. The zero-order valence-corrected chi connectivity index (χ0v) is 7.98. The summed E-state index contributed by atoms with van der Waals surface area (Å²) in [5, 5.41) is 0.417. The minimum Gasteiger partial charge on any atom is -0.341 e. The van der Waals surface area contributed by atoms with E-state index in [2.05, 4.69) is 6.58 Å². The zero-order chi connectivity index (χ0) is 10.0. The molecule has 0 aromatic heterocycles. The van der Waals surface area contributed by atoms with Crippen LogP contribution in [-0.2, 0) is 0 Å². The quantitative estimate of drug-likeness (QED) is 0.670. The Labute approximate surface area is 81.0 Å². The molecule has 0 N–H and O–H groups in total. The maximum Gasteiger partial charge on any atom is 0.256 e. The maximum absolute atomic E-state index is 12.1. The van der Waals surface area contributed by atoms with E-state index in [4.69, 9.17) is 11.6 Å². The van der Waals surface area contributed by atoms with Crippen LogP contribution in [-0.4, -0.2) is 17.9 Å². The summed E-state index contributed by atoms with van der Waals surface area (Å²) in [5.41, 5.74) is 1.27. The van der Waals surface area contributed by atoms with Gasteiger partial charge in [0.25, 0.3) is 6.43 Å². The van der Waals surface area contributed by atoms with Gasteiger partial charge >= 0.3 is 0 Å². The number of hydrogen-bond acceptors (Lipinski definition) is 1. The van der Waals surface area contributed by atoms with Crippen molar-refractivity contribution in [2.75, 3.05) is 6.54 Å². The van der Waals surface area contributed by atoms with E-state index in [-0.39, 0.29) is 6.54 Å². The summed E-state index contributed by atoms with van der Waals surface area (Å²) >= 11 is 5.77. The van der Waals surface area contributed by atoms with Crippen LogP contribution in [0.5, 0.6) is 0 Å². The Bertz CT molecular complexity index is 281. The van der Waals surface area contributed by atoms with E-state index in [1.54, 1.807) is 19.2 Å². The number of rotatable bonds is 2. The van der Waals surface area contributed by atoms with Gasteiger partial charge in [-0.15, -0.1) is 0 Å². The Balaban J connectivity index is 2.78. The van der Waals surface area contributed by atoms with Crippen molar-refractivity contribution in [2.24, 2.45) is 0 Å². The molecule has 1 aliphatic heterocycles. The highest BCUT2D eigenvalue weighted by Crippen LogP contribution is 2.25. The highest BCUT2D eigenvalue weighted by Gasteiger charge is 2.16. The topological polar surface area (TPSA) is 3.24 Å². The van der Waals surface area contributed by atoms with Gasteiger partial charge in [-0.05, 0) is 18.6 Å². The summed E-state index contributed by atoms with van der Waals surface area (Å²) < 4.78 is 24.1. The molecule has 0 amide bonds. The standard InChI is InChI=1S/C9H10ClF2N/c1-6-3-8(10)7(2)13(4-6)5-9(11)12/h3-4,9H,2,5H2,1H3. The second-order valence-electron chi connectivity index (χ2n) is 2.86. The van der Waals surface area contributed by atoms with Gasteiger partial charge in [-0.25, -0.2) is 8.78 Å². The molecule has 4 heteroatoms. The molecule has 1 rings (SSSR count). The van der Waals surface area contributed by atoms with Crippen LogP contribution in [0.4, 0.5) is 8.78 Å². The van der Waals surface area contributed by atoms with Crippen LogP contribution in [0.1, 0.15) is 6.92 Å². The van der Waals surface area contributed by atoms with Crippen molar-refractivity contribution in [1.82, 2.24) is 4.90 Å². The molecule has 0 aliphatic carbocycles. The third-order valence-corrected chi connectivity index (χ3v) is 2.00. The lowest BCUT2D eigenvalue weighted by Crippen LogP contribution is -2.24. The van der Waals surface area contributed by atoms with Crippen molar-refractivity contribution in [2.45, 2.75) is 13.3 Å². The largest absolute Gasteiger partial charge is 0.341 e. The fourth-order valence-corrected chi connectivity index (χ4v) is 1.37. The van der Waals surface area contributed by atoms with E-state index >= 15 is 0 Å². The van der Waals surface area contributed by atoms with Crippen LogP contribution in [0.2, 0.25) is 0 Å². The Morgan fingerprint density at radius 1 is 1.62 bits per heavy atom. The molecule has 0 atom stereocenters. The van der Waals surface area contributed by atoms with E-state index < -0.39 is 6.43 Å². The van der Waals surface area contributed by atoms with Crippen molar-refractivity contribution < 1.29 is 8.78 Å². The Morgan fingerprint density at radius 3 is 2.77 bits per heavy atom. The summed E-state index contributed by atoms with van der Waals surface area (Å²) in [6.07, 6.45) is 0.926. The molecule has 0 fully saturated rings. The van der Waals surface area contributed by atoms with Crippen molar-refractivity contribution in [3.05, 3.63) is 35.2 Å². The molecule has 0 saturated carbocycles. The van der Waals surface area contributed by atoms with Crippen LogP contribution in [0.3, 0.4) is 0 Å². The van der Waals surface area contributed by atoms with Crippen LogP contribution >= 0.6 is 11.6 Å². The smallest absolute Gasteiger partial charge is 0.256 e. The van der Waals surface area contributed by atoms with Gasteiger partial charge in [-0.3, -0.25) is 0 Å². The van der Waals surface area contributed by atoms with Crippen molar-refractivity contribution in [1.29, 1.82) is 0 Å². The lowest BCUT2D eigenvalue weighted by atomic mass is 10.2. The Hall–Kier alpha value is -0.830. The highest BCUT2D eigenvalue weighted by atomic mass is 35.5. The first-order valence-electron chi connectivity index (χ1n) is 3.80. The number of allylic oxidation sites excluding steroid dienone is 3. The molecule has 72 valence electrons. The summed E-state index contributed by atoms with van der Waals surface area (Å²) in [5.74, 6) is 0. The van der Waals surface area contributed by atoms with Gasteiger partial charge in [0.1, 0.15) is 0 Å². The molecule has 0 saturated heterocycles. The molecule has 1 aliphatic rings. The molecule has 1 heterocycles. The van der Waals surface area contributed by atoms with Gasteiger partial charge in [0.2, 0.25) is 0 Å². The average molecular weight is 206 g/mol. The minimum absolute atomic E-state index is 0.361. The van der Waals surface area contributed by atoms with Crippen LogP contribution < -0.4 is 0 Å². The molecular weight excluding hydrogens is 196 g/mol. The van der Waals surface area contributed by atoms with Crippen molar-refractivity contribution in [3.63, 3.8) is 0 Å². The normalized spacial score (nSPS) is 17.6. The third kappa shape index (κ3) is 2.56. The van der Waals surface area contributed by atoms with Gasteiger partial charge in [0.05, 0.1) is 17.3 Å². The molecule has 0 bridgehead atoms. The van der Waals surface area contributed by atoms with Crippen LogP contribution in [0, 0.1) is 0 Å². The molecule has 13 heavy (non-hydrogen) atoms. The molecule has 1 nitrogen and oxygen atoms in total. The SMILES string of the molecule is C=C1C(Cl)=CC(C)=CN1CC(F)F. The fourth-order valence-electron chi connectivity index (χ4n) is 1.09. The number of alkyl halides is 2. The van der Waals surface area contributed by atoms with E-state index in [0.717, 1.165) is 5.57 Å². The summed E-state index contributed by atoms with van der Waals surface area (Å²) in [4.78, 5) is 1.36. The van der Waals surface area contributed by atoms with E-state index in [1.807, 2.05) is 0 Å². The van der Waals surface area contributed by atoms with Gasteiger partial charge in [-0.2, -0.15) is 0 Å². The molecular formula is C9H10ClF2N. The molecule has 0 spiro atoms. The second-order valence-corrected chi connectivity index (χ2v) is 3.26. The fraction of sp³-hybridized carbons (Fsp3) is 0.333. The number of nitrogens with zero attached hydrogens (tertiary/aromatic N) is 1. The van der Waals surface area contributed by atoms with E-state index in [1.165, 1.54) is 4.90 Å². The van der Waals surface area contributed by atoms with Crippen LogP contribution in [0.15, 0.2) is 35.2 Å². The first-order valence-corrected chi connectivity index (χ1v) is 4.18. The first-order chi connectivity index (χ1) is 6.00. The monoisotopic (exact) mass is 205 g/mol. The Kier molecular flexibility index (Phi) is 3.09. The number of halogens is 3. The van der Waals surface area contributed by atoms with Gasteiger partial charge in [-0.1, -0.05) is 18.2 Å². The lowest BCUT2D eigenvalue weighted by Gasteiger charge is -2.25. The predicted octanol–water partition coefficient (Wildman–Crippen LogP) is 3.11. The summed E-state index contributed by atoms with van der Waals surface area (Å²) in [6, 6.07) is 0. The first kappa shape index (κ1) is 10.3. The lowest BCUT2D eigenvalue weighted by molar-refractivity contribution is 0.120. The number of hydrogen-bond donors (Lipinski definition) is 0. The molecule has 0 radical (unpaired) electrons. The summed E-state index contributed by atoms with van der Waals surface area (Å²) in [6.45, 7) is 5.05.